The minimum Gasteiger partial charge on any atom is -0.294 e. The van der Waals surface area contributed by atoms with Crippen LogP contribution in [0.15, 0.2) is 4.99 Å². The van der Waals surface area contributed by atoms with Crippen molar-refractivity contribution in [1.82, 2.24) is 0 Å². The van der Waals surface area contributed by atoms with Gasteiger partial charge in [0.15, 0.2) is 0 Å². The number of alkyl halides is 1. The van der Waals surface area contributed by atoms with Crippen molar-refractivity contribution in [1.29, 1.82) is 0 Å². The smallest absolute Gasteiger partial charge is 0.0494 e. The van der Waals surface area contributed by atoms with Crippen molar-refractivity contribution in [3.8, 4) is 0 Å². The van der Waals surface area contributed by atoms with Crippen molar-refractivity contribution in [2.45, 2.75) is 57.3 Å². The normalized spacial score (nSPS) is 14.4. The maximum atomic E-state index is 4.33. The van der Waals surface area contributed by atoms with E-state index in [0.717, 1.165) is 0 Å². The fourth-order valence-corrected chi connectivity index (χ4v) is 1.39. The molecule has 0 fully saturated rings. The highest BCUT2D eigenvalue weighted by atomic mass is 79.9. The molecule has 1 nitrogen and oxygen atoms in total. The van der Waals surface area contributed by atoms with Gasteiger partial charge < -0.3 is 0 Å². The van der Waals surface area contributed by atoms with E-state index in [4.69, 9.17) is 0 Å². The van der Waals surface area contributed by atoms with E-state index in [-0.39, 0.29) is 0 Å². The molecule has 0 heterocycles. The molecule has 2 heteroatoms. The molecule has 1 unspecified atom stereocenters. The maximum absolute atomic E-state index is 4.33. The molecule has 0 aliphatic heterocycles. The van der Waals surface area contributed by atoms with Crippen LogP contribution < -0.4 is 0 Å². The van der Waals surface area contributed by atoms with E-state index >= 15 is 0 Å². The molecule has 1 atom stereocenters. The van der Waals surface area contributed by atoms with Gasteiger partial charge in [0.2, 0.25) is 0 Å². The molecule has 0 aliphatic carbocycles. The van der Waals surface area contributed by atoms with E-state index in [1.807, 2.05) is 6.21 Å². The van der Waals surface area contributed by atoms with Crippen LogP contribution in [0.2, 0.25) is 0 Å². The van der Waals surface area contributed by atoms with Crippen LogP contribution in [0, 0.1) is 0 Å². The average Bonchev–Trinajstić information content (AvgIpc) is 2.01. The van der Waals surface area contributed by atoms with Crippen LogP contribution in [0.3, 0.4) is 0 Å². The average molecular weight is 234 g/mol. The van der Waals surface area contributed by atoms with Crippen molar-refractivity contribution >= 4 is 22.1 Å². The van der Waals surface area contributed by atoms with E-state index in [2.05, 4.69) is 41.7 Å². The summed E-state index contributed by atoms with van der Waals surface area (Å²) >= 11 is 3.59. The maximum Gasteiger partial charge on any atom is 0.0494 e. The van der Waals surface area contributed by atoms with Crippen LogP contribution in [-0.4, -0.2) is 17.1 Å². The molecule has 0 rings (SSSR count). The second kappa shape index (κ2) is 7.78. The van der Waals surface area contributed by atoms with Crippen LogP contribution in [0.4, 0.5) is 0 Å². The van der Waals surface area contributed by atoms with Crippen LogP contribution in [-0.2, 0) is 0 Å². The van der Waals surface area contributed by atoms with Gasteiger partial charge in [-0.15, -0.1) is 0 Å². The Morgan fingerprint density at radius 3 is 2.50 bits per heavy atom. The van der Waals surface area contributed by atoms with Crippen molar-refractivity contribution in [2.75, 3.05) is 0 Å². The molecule has 0 bridgehead atoms. The summed E-state index contributed by atoms with van der Waals surface area (Å²) in [5.74, 6) is 0. The zero-order valence-corrected chi connectivity index (χ0v) is 9.97. The highest BCUT2D eigenvalue weighted by Gasteiger charge is 1.98. The third-order valence-corrected chi connectivity index (χ3v) is 2.32. The Labute approximate surface area is 84.8 Å². The minimum atomic E-state index is 0.427. The van der Waals surface area contributed by atoms with Crippen LogP contribution in [0.1, 0.15) is 46.5 Å². The molecule has 0 saturated heterocycles. The highest BCUT2D eigenvalue weighted by Crippen LogP contribution is 2.09. The Kier molecular flexibility index (Phi) is 7.88. The van der Waals surface area contributed by atoms with Gasteiger partial charge in [0.25, 0.3) is 0 Å². The van der Waals surface area contributed by atoms with Gasteiger partial charge in [-0.1, -0.05) is 42.1 Å². The molecular formula is C10H20BrN. The fraction of sp³-hybridized carbons (Fsp3) is 0.900. The van der Waals surface area contributed by atoms with E-state index in [9.17, 15) is 0 Å². The van der Waals surface area contributed by atoms with Crippen LogP contribution in [0.5, 0.6) is 0 Å². The van der Waals surface area contributed by atoms with Crippen molar-refractivity contribution in [3.63, 3.8) is 0 Å². The topological polar surface area (TPSA) is 12.4 Å². The van der Waals surface area contributed by atoms with Gasteiger partial charge in [0.1, 0.15) is 0 Å². The summed E-state index contributed by atoms with van der Waals surface area (Å²) in [6.45, 7) is 6.43. The van der Waals surface area contributed by atoms with E-state index in [1.54, 1.807) is 0 Å². The van der Waals surface area contributed by atoms with Gasteiger partial charge in [0, 0.05) is 17.1 Å². The molecule has 0 aromatic carbocycles. The van der Waals surface area contributed by atoms with Gasteiger partial charge in [0.05, 0.1) is 0 Å². The molecule has 0 amide bonds. The summed E-state index contributed by atoms with van der Waals surface area (Å²) in [7, 11) is 0. The van der Waals surface area contributed by atoms with E-state index < -0.39 is 0 Å². The van der Waals surface area contributed by atoms with Gasteiger partial charge >= 0.3 is 0 Å². The van der Waals surface area contributed by atoms with Crippen LogP contribution in [0.25, 0.3) is 0 Å². The monoisotopic (exact) mass is 233 g/mol. The molecule has 0 N–H and O–H groups in total. The molecule has 0 aliphatic rings. The third-order valence-electron chi connectivity index (χ3n) is 1.63. The predicted molar refractivity (Wildman–Crippen MR) is 60.5 cm³/mol. The number of hydrogen-bond acceptors (Lipinski definition) is 1. The first-order chi connectivity index (χ1) is 5.66. The predicted octanol–water partition coefficient (Wildman–Crippen LogP) is 3.81. The van der Waals surface area contributed by atoms with E-state index in [1.165, 1.54) is 25.7 Å². The van der Waals surface area contributed by atoms with Gasteiger partial charge in [-0.3, -0.25) is 4.99 Å². The highest BCUT2D eigenvalue weighted by molar-refractivity contribution is 9.09. The molecule has 0 saturated carbocycles. The molecule has 12 heavy (non-hydrogen) atoms. The molecule has 0 aromatic heterocycles. The minimum absolute atomic E-state index is 0.427. The number of hydrogen-bond donors (Lipinski definition) is 0. The first kappa shape index (κ1) is 12.2. The van der Waals surface area contributed by atoms with Crippen molar-refractivity contribution < 1.29 is 0 Å². The Morgan fingerprint density at radius 2 is 2.00 bits per heavy atom. The summed E-state index contributed by atoms with van der Waals surface area (Å²) in [5.41, 5.74) is 0. The zero-order chi connectivity index (χ0) is 9.40. The summed E-state index contributed by atoms with van der Waals surface area (Å²) in [4.78, 5) is 4.81. The van der Waals surface area contributed by atoms with Gasteiger partial charge in [-0.2, -0.15) is 0 Å². The summed E-state index contributed by atoms with van der Waals surface area (Å²) in [6, 6.07) is 0.427. The lowest BCUT2D eigenvalue weighted by atomic mass is 10.2. The second-order valence-corrected chi connectivity index (χ2v) is 4.58. The number of nitrogens with zero attached hydrogens (tertiary/aromatic N) is 1. The lowest BCUT2D eigenvalue weighted by Gasteiger charge is -2.03. The molecule has 0 spiro atoms. The second-order valence-electron chi connectivity index (χ2n) is 3.40. The Balaban J connectivity index is 3.38. The van der Waals surface area contributed by atoms with Gasteiger partial charge in [-0.25, -0.2) is 0 Å². The quantitative estimate of drug-likeness (QED) is 0.376. The number of aliphatic imine (C=N–C) groups is 1. The fourth-order valence-electron chi connectivity index (χ4n) is 0.929. The molecule has 72 valence electrons. The largest absolute Gasteiger partial charge is 0.294 e. The summed E-state index contributed by atoms with van der Waals surface area (Å²) in [5, 5.41) is 0. The van der Waals surface area contributed by atoms with Crippen molar-refractivity contribution in [2.24, 2.45) is 4.99 Å². The molecule has 0 radical (unpaired) electrons. The Hall–Kier alpha value is 0.150. The first-order valence-corrected chi connectivity index (χ1v) is 5.75. The lowest BCUT2D eigenvalue weighted by Crippen LogP contribution is -2.01. The Morgan fingerprint density at radius 1 is 1.33 bits per heavy atom. The van der Waals surface area contributed by atoms with Gasteiger partial charge in [-0.05, 0) is 20.3 Å². The molecule has 0 aromatic rings. The SMILES string of the molecule is CCCCCC(Br)C=NC(C)C. The number of halogens is 1. The van der Waals surface area contributed by atoms with Crippen LogP contribution >= 0.6 is 15.9 Å². The Bertz CT molecular complexity index is 121. The van der Waals surface area contributed by atoms with Crippen molar-refractivity contribution in [3.05, 3.63) is 0 Å². The first-order valence-electron chi connectivity index (χ1n) is 4.84. The number of rotatable bonds is 6. The standard InChI is InChI=1S/C10H20BrN/c1-4-5-6-7-10(11)8-12-9(2)3/h8-10H,4-7H2,1-3H3. The summed E-state index contributed by atoms with van der Waals surface area (Å²) in [6.07, 6.45) is 7.17. The number of unbranched alkanes of at least 4 members (excludes halogenated alkanes) is 2. The molecular weight excluding hydrogens is 214 g/mol. The lowest BCUT2D eigenvalue weighted by molar-refractivity contribution is 0.691. The van der Waals surface area contributed by atoms with E-state index in [0.29, 0.717) is 10.9 Å². The zero-order valence-electron chi connectivity index (χ0n) is 8.39. The summed E-state index contributed by atoms with van der Waals surface area (Å²) < 4.78 is 0. The third kappa shape index (κ3) is 8.25.